The van der Waals surface area contributed by atoms with E-state index in [1.807, 2.05) is 0 Å². The maximum atomic E-state index is 11.4. The average molecular weight is 155 g/mol. The van der Waals surface area contributed by atoms with E-state index in [0.717, 1.165) is 0 Å². The number of hydrogen-bond acceptors (Lipinski definition) is 1. The SMILES string of the molecule is O=CNCCCC(F)(F)F. The van der Waals surface area contributed by atoms with Gasteiger partial charge in [-0.1, -0.05) is 0 Å². The maximum Gasteiger partial charge on any atom is 0.389 e. The Bertz CT molecular complexity index is 102. The van der Waals surface area contributed by atoms with Crippen molar-refractivity contribution >= 4 is 6.41 Å². The molecule has 0 aliphatic heterocycles. The molecule has 0 bridgehead atoms. The van der Waals surface area contributed by atoms with Crippen LogP contribution in [0, 0.1) is 0 Å². The van der Waals surface area contributed by atoms with Gasteiger partial charge >= 0.3 is 6.18 Å². The molecule has 0 unspecified atom stereocenters. The van der Waals surface area contributed by atoms with Gasteiger partial charge in [-0.15, -0.1) is 0 Å². The van der Waals surface area contributed by atoms with Crippen molar-refractivity contribution in [2.45, 2.75) is 19.0 Å². The zero-order chi connectivity index (χ0) is 8.04. The molecule has 1 amide bonds. The van der Waals surface area contributed by atoms with Crippen molar-refractivity contribution in [2.75, 3.05) is 6.54 Å². The van der Waals surface area contributed by atoms with Crippen molar-refractivity contribution in [3.8, 4) is 0 Å². The van der Waals surface area contributed by atoms with Crippen LogP contribution in [-0.4, -0.2) is 19.1 Å². The van der Waals surface area contributed by atoms with Crippen LogP contribution in [0.3, 0.4) is 0 Å². The van der Waals surface area contributed by atoms with E-state index in [1.165, 1.54) is 0 Å². The first-order valence-electron chi connectivity index (χ1n) is 2.80. The highest BCUT2D eigenvalue weighted by molar-refractivity contribution is 5.45. The Morgan fingerprint density at radius 2 is 2.00 bits per heavy atom. The predicted octanol–water partition coefficient (Wildman–Crippen LogP) is 1.07. The van der Waals surface area contributed by atoms with Crippen LogP contribution in [0.15, 0.2) is 0 Å². The van der Waals surface area contributed by atoms with Gasteiger partial charge in [0.15, 0.2) is 0 Å². The second-order valence-corrected chi connectivity index (χ2v) is 1.79. The second-order valence-electron chi connectivity index (χ2n) is 1.79. The lowest BCUT2D eigenvalue weighted by Gasteiger charge is -2.03. The minimum atomic E-state index is -4.11. The first-order chi connectivity index (χ1) is 4.56. The van der Waals surface area contributed by atoms with Gasteiger partial charge in [-0.3, -0.25) is 4.79 Å². The van der Waals surface area contributed by atoms with E-state index in [1.54, 1.807) is 0 Å². The summed E-state index contributed by atoms with van der Waals surface area (Å²) < 4.78 is 34.1. The van der Waals surface area contributed by atoms with E-state index >= 15 is 0 Å². The number of rotatable bonds is 4. The first kappa shape index (κ1) is 9.26. The van der Waals surface area contributed by atoms with Crippen LogP contribution >= 0.6 is 0 Å². The molecule has 0 saturated carbocycles. The van der Waals surface area contributed by atoms with Crippen molar-refractivity contribution < 1.29 is 18.0 Å². The standard InChI is InChI=1S/C5H8F3NO/c6-5(7,8)2-1-3-9-4-10/h4H,1-3H2,(H,9,10). The van der Waals surface area contributed by atoms with Crippen LogP contribution in [-0.2, 0) is 4.79 Å². The average Bonchev–Trinajstić information content (AvgIpc) is 1.78. The number of carbonyl (C=O) groups excluding carboxylic acids is 1. The lowest BCUT2D eigenvalue weighted by Crippen LogP contribution is -2.16. The molecule has 1 N–H and O–H groups in total. The van der Waals surface area contributed by atoms with E-state index in [0.29, 0.717) is 6.41 Å². The van der Waals surface area contributed by atoms with Crippen LogP contribution < -0.4 is 5.32 Å². The summed E-state index contributed by atoms with van der Waals surface area (Å²) in [6.07, 6.45) is -4.61. The van der Waals surface area contributed by atoms with Crippen molar-refractivity contribution in [2.24, 2.45) is 0 Å². The van der Waals surface area contributed by atoms with Crippen LogP contribution in [0.25, 0.3) is 0 Å². The number of alkyl halides is 3. The summed E-state index contributed by atoms with van der Waals surface area (Å²) in [5.74, 6) is 0. The topological polar surface area (TPSA) is 29.1 Å². The van der Waals surface area contributed by atoms with Gasteiger partial charge in [0.1, 0.15) is 0 Å². The molecule has 0 aromatic heterocycles. The van der Waals surface area contributed by atoms with Crippen molar-refractivity contribution in [3.05, 3.63) is 0 Å². The third-order valence-electron chi connectivity index (χ3n) is 0.865. The molecule has 0 aliphatic carbocycles. The highest BCUT2D eigenvalue weighted by Crippen LogP contribution is 2.20. The van der Waals surface area contributed by atoms with Gasteiger partial charge < -0.3 is 5.32 Å². The Kier molecular flexibility index (Phi) is 3.83. The van der Waals surface area contributed by atoms with E-state index in [2.05, 4.69) is 5.32 Å². The molecule has 60 valence electrons. The number of amides is 1. The fraction of sp³-hybridized carbons (Fsp3) is 0.800. The second kappa shape index (κ2) is 4.14. The third-order valence-corrected chi connectivity index (χ3v) is 0.865. The molecule has 0 rings (SSSR count). The highest BCUT2D eigenvalue weighted by atomic mass is 19.4. The minimum absolute atomic E-state index is 0.0533. The molecule has 10 heavy (non-hydrogen) atoms. The summed E-state index contributed by atoms with van der Waals surface area (Å²) in [6.45, 7) is 0.0863. The zero-order valence-electron chi connectivity index (χ0n) is 5.24. The van der Waals surface area contributed by atoms with Crippen molar-refractivity contribution in [1.82, 2.24) is 5.32 Å². The van der Waals surface area contributed by atoms with Gasteiger partial charge in [-0.05, 0) is 6.42 Å². The summed E-state index contributed by atoms with van der Waals surface area (Å²) in [6, 6.07) is 0. The minimum Gasteiger partial charge on any atom is -0.359 e. The van der Waals surface area contributed by atoms with E-state index in [4.69, 9.17) is 0 Å². The molecular weight excluding hydrogens is 147 g/mol. The largest absolute Gasteiger partial charge is 0.389 e. The summed E-state index contributed by atoms with van der Waals surface area (Å²) in [7, 11) is 0. The molecule has 0 aliphatic rings. The Morgan fingerprint density at radius 1 is 1.40 bits per heavy atom. The summed E-state index contributed by atoms with van der Waals surface area (Å²) in [5, 5.41) is 2.14. The molecule has 5 heteroatoms. The number of carbonyl (C=O) groups is 1. The smallest absolute Gasteiger partial charge is 0.359 e. The van der Waals surface area contributed by atoms with Crippen LogP contribution in [0.4, 0.5) is 13.2 Å². The molecule has 0 spiro atoms. The van der Waals surface area contributed by atoms with E-state index in [9.17, 15) is 18.0 Å². The maximum absolute atomic E-state index is 11.4. The van der Waals surface area contributed by atoms with Gasteiger partial charge in [-0.25, -0.2) is 0 Å². The molecule has 0 saturated heterocycles. The lowest BCUT2D eigenvalue weighted by atomic mass is 10.3. The van der Waals surface area contributed by atoms with Crippen LogP contribution in [0.2, 0.25) is 0 Å². The molecule has 2 nitrogen and oxygen atoms in total. The zero-order valence-corrected chi connectivity index (χ0v) is 5.24. The van der Waals surface area contributed by atoms with Crippen molar-refractivity contribution in [1.29, 1.82) is 0 Å². The fourth-order valence-electron chi connectivity index (χ4n) is 0.450. The fourth-order valence-corrected chi connectivity index (χ4v) is 0.450. The van der Waals surface area contributed by atoms with Crippen LogP contribution in [0.1, 0.15) is 12.8 Å². The lowest BCUT2D eigenvalue weighted by molar-refractivity contribution is -0.135. The molecule has 0 radical (unpaired) electrons. The quantitative estimate of drug-likeness (QED) is 0.477. The van der Waals surface area contributed by atoms with Gasteiger partial charge in [0.2, 0.25) is 6.41 Å². The monoisotopic (exact) mass is 155 g/mol. The Labute approximate surface area is 56.4 Å². The number of nitrogens with one attached hydrogen (secondary N) is 1. The molecule has 0 heterocycles. The highest BCUT2D eigenvalue weighted by Gasteiger charge is 2.25. The summed E-state index contributed by atoms with van der Waals surface area (Å²) in [4.78, 5) is 9.54. The molecule has 0 atom stereocenters. The molecule has 0 fully saturated rings. The molecular formula is C5H8F3NO. The molecule has 0 aromatic rings. The Balaban J connectivity index is 3.12. The summed E-state index contributed by atoms with van der Waals surface area (Å²) >= 11 is 0. The third kappa shape index (κ3) is 7.26. The van der Waals surface area contributed by atoms with Gasteiger partial charge in [0.05, 0.1) is 0 Å². The van der Waals surface area contributed by atoms with Crippen molar-refractivity contribution in [3.63, 3.8) is 0 Å². The van der Waals surface area contributed by atoms with E-state index < -0.39 is 12.6 Å². The number of hydrogen-bond donors (Lipinski definition) is 1. The van der Waals surface area contributed by atoms with Gasteiger partial charge in [-0.2, -0.15) is 13.2 Å². The summed E-state index contributed by atoms with van der Waals surface area (Å²) in [5.41, 5.74) is 0. The normalized spacial score (nSPS) is 11.1. The predicted molar refractivity (Wildman–Crippen MR) is 29.4 cm³/mol. The first-order valence-corrected chi connectivity index (χ1v) is 2.80. The number of halogens is 3. The van der Waals surface area contributed by atoms with Crippen LogP contribution in [0.5, 0.6) is 0 Å². The van der Waals surface area contributed by atoms with Gasteiger partial charge in [0, 0.05) is 13.0 Å². The Morgan fingerprint density at radius 3 is 2.40 bits per heavy atom. The van der Waals surface area contributed by atoms with E-state index in [-0.39, 0.29) is 13.0 Å². The van der Waals surface area contributed by atoms with Gasteiger partial charge in [0.25, 0.3) is 0 Å². The Hall–Kier alpha value is -0.740. The molecule has 0 aromatic carbocycles.